The van der Waals surface area contributed by atoms with Gasteiger partial charge in [-0.05, 0) is 31.5 Å². The van der Waals surface area contributed by atoms with Gasteiger partial charge in [-0.2, -0.15) is 5.10 Å². The molecule has 3 rings (SSSR count). The number of anilines is 1. The van der Waals surface area contributed by atoms with E-state index in [1.54, 1.807) is 33.7 Å². The van der Waals surface area contributed by atoms with E-state index in [4.69, 9.17) is 0 Å². The highest BCUT2D eigenvalue weighted by Crippen LogP contribution is 2.06. The molecule has 6 heteroatoms. The van der Waals surface area contributed by atoms with Crippen molar-refractivity contribution in [2.24, 2.45) is 0 Å². The first-order chi connectivity index (χ1) is 10.2. The van der Waals surface area contributed by atoms with Crippen molar-refractivity contribution < 1.29 is 0 Å². The van der Waals surface area contributed by atoms with E-state index in [0.29, 0.717) is 12.1 Å². The molecule has 0 unspecified atom stereocenters. The first-order valence-corrected chi connectivity index (χ1v) is 6.91. The largest absolute Gasteiger partial charge is 0.370 e. The lowest BCUT2D eigenvalue weighted by molar-refractivity contribution is 0.739. The third-order valence-corrected chi connectivity index (χ3v) is 3.26. The van der Waals surface area contributed by atoms with Crippen molar-refractivity contribution in [3.8, 4) is 0 Å². The molecule has 0 atom stereocenters. The molecule has 0 bridgehead atoms. The number of fused-ring (bicyclic) bond motifs is 1. The zero-order chi connectivity index (χ0) is 14.8. The van der Waals surface area contributed by atoms with Gasteiger partial charge in [0.25, 0.3) is 5.56 Å². The summed E-state index contributed by atoms with van der Waals surface area (Å²) in [7, 11) is 0. The normalized spacial score (nSPS) is 11.0. The minimum atomic E-state index is -0.0474. The quantitative estimate of drug-likeness (QED) is 0.791. The molecule has 0 aliphatic rings. The van der Waals surface area contributed by atoms with E-state index >= 15 is 0 Å². The van der Waals surface area contributed by atoms with Gasteiger partial charge < -0.3 is 9.88 Å². The second-order valence-electron chi connectivity index (χ2n) is 4.93. The van der Waals surface area contributed by atoms with Crippen molar-refractivity contribution in [2.45, 2.75) is 20.4 Å². The van der Waals surface area contributed by atoms with Crippen LogP contribution in [0.25, 0.3) is 5.52 Å². The number of nitrogens with one attached hydrogen (secondary N) is 1. The maximum absolute atomic E-state index is 12.4. The topological polar surface area (TPSA) is 64.2 Å². The highest BCUT2D eigenvalue weighted by Gasteiger charge is 2.06. The van der Waals surface area contributed by atoms with Crippen LogP contribution in [-0.2, 0) is 6.54 Å². The van der Waals surface area contributed by atoms with E-state index in [0.717, 1.165) is 23.6 Å². The van der Waals surface area contributed by atoms with Gasteiger partial charge in [0.15, 0.2) is 0 Å². The molecule has 3 heterocycles. The van der Waals surface area contributed by atoms with Crippen LogP contribution in [0.3, 0.4) is 0 Å². The fraction of sp³-hybridized carbons (Fsp3) is 0.267. The zero-order valence-electron chi connectivity index (χ0n) is 12.1. The predicted molar refractivity (Wildman–Crippen MR) is 81.7 cm³/mol. The Morgan fingerprint density at radius 1 is 1.29 bits per heavy atom. The molecule has 0 aliphatic carbocycles. The molecule has 21 heavy (non-hydrogen) atoms. The van der Waals surface area contributed by atoms with Crippen LogP contribution in [0.15, 0.2) is 41.6 Å². The van der Waals surface area contributed by atoms with Crippen LogP contribution in [-0.4, -0.2) is 25.7 Å². The van der Waals surface area contributed by atoms with Gasteiger partial charge in [0.1, 0.15) is 11.3 Å². The summed E-state index contributed by atoms with van der Waals surface area (Å²) in [6.07, 6.45) is 5.33. The van der Waals surface area contributed by atoms with Crippen molar-refractivity contribution in [3.05, 3.63) is 58.4 Å². The van der Waals surface area contributed by atoms with Gasteiger partial charge in [-0.1, -0.05) is 6.07 Å². The molecule has 0 saturated carbocycles. The molecule has 0 aliphatic heterocycles. The first-order valence-electron chi connectivity index (χ1n) is 6.91. The standard InChI is InChI=1S/C15H17N5O/c1-3-16-14-5-4-12(9-17-14)10-19-6-7-20-13(15(19)21)8-11(2)18-20/h4-9H,3,10H2,1-2H3,(H,16,17). The third-order valence-electron chi connectivity index (χ3n) is 3.26. The molecule has 0 saturated heterocycles. The van der Waals surface area contributed by atoms with Crippen LogP contribution >= 0.6 is 0 Å². The van der Waals surface area contributed by atoms with E-state index in [1.165, 1.54) is 0 Å². The maximum atomic E-state index is 12.4. The van der Waals surface area contributed by atoms with Crippen LogP contribution in [0, 0.1) is 6.92 Å². The van der Waals surface area contributed by atoms with Crippen molar-refractivity contribution in [1.29, 1.82) is 0 Å². The van der Waals surface area contributed by atoms with Crippen LogP contribution < -0.4 is 10.9 Å². The number of aromatic nitrogens is 4. The highest BCUT2D eigenvalue weighted by molar-refractivity contribution is 5.45. The Labute approximate surface area is 122 Å². The Bertz CT molecular complexity index is 816. The number of rotatable bonds is 4. The summed E-state index contributed by atoms with van der Waals surface area (Å²) < 4.78 is 3.28. The number of pyridine rings is 1. The van der Waals surface area contributed by atoms with Crippen molar-refractivity contribution >= 4 is 11.3 Å². The lowest BCUT2D eigenvalue weighted by Gasteiger charge is -2.07. The lowest BCUT2D eigenvalue weighted by Crippen LogP contribution is -2.21. The first kappa shape index (κ1) is 13.4. The second-order valence-corrected chi connectivity index (χ2v) is 4.93. The van der Waals surface area contributed by atoms with Crippen LogP contribution in [0.1, 0.15) is 18.2 Å². The van der Waals surface area contributed by atoms with E-state index in [2.05, 4.69) is 15.4 Å². The Morgan fingerprint density at radius 3 is 2.86 bits per heavy atom. The fourth-order valence-electron chi connectivity index (χ4n) is 2.27. The third kappa shape index (κ3) is 2.65. The highest BCUT2D eigenvalue weighted by atomic mass is 16.1. The van der Waals surface area contributed by atoms with Gasteiger partial charge in [-0.25, -0.2) is 9.50 Å². The van der Waals surface area contributed by atoms with E-state index < -0.39 is 0 Å². The van der Waals surface area contributed by atoms with Gasteiger partial charge in [0.05, 0.1) is 12.2 Å². The molecule has 3 aromatic rings. The molecule has 108 valence electrons. The number of nitrogens with zero attached hydrogens (tertiary/aromatic N) is 4. The Kier molecular flexibility index (Phi) is 3.43. The predicted octanol–water partition coefficient (Wildman–Crippen LogP) is 1.68. The van der Waals surface area contributed by atoms with Gasteiger partial charge >= 0.3 is 0 Å². The molecule has 0 radical (unpaired) electrons. The van der Waals surface area contributed by atoms with Crippen LogP contribution in [0.5, 0.6) is 0 Å². The molecular weight excluding hydrogens is 266 g/mol. The minimum Gasteiger partial charge on any atom is -0.370 e. The number of aryl methyl sites for hydroxylation is 1. The molecular formula is C15H17N5O. The molecule has 0 fully saturated rings. The fourth-order valence-corrected chi connectivity index (χ4v) is 2.27. The van der Waals surface area contributed by atoms with Gasteiger partial charge in [0, 0.05) is 25.1 Å². The molecule has 0 amide bonds. The van der Waals surface area contributed by atoms with Crippen molar-refractivity contribution in [1.82, 2.24) is 19.2 Å². The molecule has 3 aromatic heterocycles. The summed E-state index contributed by atoms with van der Waals surface area (Å²) >= 11 is 0. The number of hydrogen-bond donors (Lipinski definition) is 1. The van der Waals surface area contributed by atoms with E-state index in [-0.39, 0.29) is 5.56 Å². The average Bonchev–Trinajstić information content (AvgIpc) is 2.86. The van der Waals surface area contributed by atoms with Gasteiger partial charge in [-0.3, -0.25) is 4.79 Å². The summed E-state index contributed by atoms with van der Waals surface area (Å²) in [5, 5.41) is 7.38. The van der Waals surface area contributed by atoms with Crippen molar-refractivity contribution in [2.75, 3.05) is 11.9 Å². The smallest absolute Gasteiger partial charge is 0.276 e. The van der Waals surface area contributed by atoms with Crippen molar-refractivity contribution in [3.63, 3.8) is 0 Å². The monoisotopic (exact) mass is 283 g/mol. The summed E-state index contributed by atoms with van der Waals surface area (Å²) in [6.45, 7) is 5.24. The SMILES string of the molecule is CCNc1ccc(Cn2ccn3nc(C)cc3c2=O)cn1. The molecule has 6 nitrogen and oxygen atoms in total. The Hall–Kier alpha value is -2.63. The van der Waals surface area contributed by atoms with E-state index in [1.807, 2.05) is 26.0 Å². The summed E-state index contributed by atoms with van der Waals surface area (Å²) in [6, 6.07) is 5.69. The van der Waals surface area contributed by atoms with Crippen LogP contribution in [0.4, 0.5) is 5.82 Å². The molecule has 0 spiro atoms. The maximum Gasteiger partial charge on any atom is 0.276 e. The zero-order valence-corrected chi connectivity index (χ0v) is 12.1. The summed E-state index contributed by atoms with van der Waals surface area (Å²) in [5.74, 6) is 0.843. The van der Waals surface area contributed by atoms with Gasteiger partial charge in [-0.15, -0.1) is 0 Å². The minimum absolute atomic E-state index is 0.0474. The lowest BCUT2D eigenvalue weighted by atomic mass is 10.2. The van der Waals surface area contributed by atoms with Crippen LogP contribution in [0.2, 0.25) is 0 Å². The Balaban J connectivity index is 1.90. The van der Waals surface area contributed by atoms with Gasteiger partial charge in [0.2, 0.25) is 0 Å². The summed E-state index contributed by atoms with van der Waals surface area (Å²) in [5.41, 5.74) is 2.36. The molecule has 1 N–H and O–H groups in total. The van der Waals surface area contributed by atoms with E-state index in [9.17, 15) is 4.79 Å². The Morgan fingerprint density at radius 2 is 2.14 bits per heavy atom. The molecule has 0 aromatic carbocycles. The number of hydrogen-bond acceptors (Lipinski definition) is 4. The second kappa shape index (κ2) is 5.40. The average molecular weight is 283 g/mol. The summed E-state index contributed by atoms with van der Waals surface area (Å²) in [4.78, 5) is 16.7.